The van der Waals surface area contributed by atoms with Crippen molar-refractivity contribution in [3.63, 3.8) is 0 Å². The van der Waals surface area contributed by atoms with E-state index in [1.54, 1.807) is 6.08 Å². The Kier molecular flexibility index (Phi) is 57.5. The van der Waals surface area contributed by atoms with Crippen molar-refractivity contribution in [2.75, 3.05) is 19.8 Å². The molecule has 0 aromatic rings. The fourth-order valence-corrected chi connectivity index (χ4v) is 12.6. The van der Waals surface area contributed by atoms with Gasteiger partial charge in [0.2, 0.25) is 5.91 Å². The molecule has 2 fully saturated rings. The van der Waals surface area contributed by atoms with Crippen LogP contribution in [0, 0.1) is 0 Å². The molecule has 91 heavy (non-hydrogen) atoms. The van der Waals surface area contributed by atoms with Crippen LogP contribution in [0.5, 0.6) is 0 Å². The maximum absolute atomic E-state index is 13.4. The number of carbonyl (C=O) groups excluding carboxylic acids is 1. The molecule has 0 aromatic carbocycles. The third kappa shape index (κ3) is 45.2. The standard InChI is InChI=1S/C77H143NO13/c1-3-5-7-9-11-13-15-17-19-21-23-25-27-29-31-33-35-37-39-41-43-45-47-49-51-53-55-57-59-61-69(82)78-65(64-88-76-74(87)72(85)75(68(63-80)90-76)91-77-73(86)71(84)70(83)67(62-79)89-77)66(81)60-58-56-54-52-50-48-46-44-42-40-38-36-34-32-30-28-26-24-22-20-18-16-14-12-10-8-6-4-2/h21,23,42,44,50,52,58,60,65-68,70-77,79-81,83-87H,3-20,22,24-41,43,45-49,51,53-57,59,61-64H2,1-2H3,(H,78,82)/b23-21-,44-42+,52-50+,60-58+. The quantitative estimate of drug-likeness (QED) is 0.0204. The summed E-state index contributed by atoms with van der Waals surface area (Å²) >= 11 is 0. The topological polar surface area (TPSA) is 228 Å². The molecule has 12 unspecified atom stereocenters. The van der Waals surface area contributed by atoms with Crippen molar-refractivity contribution >= 4 is 5.91 Å². The zero-order chi connectivity index (χ0) is 65.9. The summed E-state index contributed by atoms with van der Waals surface area (Å²) in [5.74, 6) is -0.248. The summed E-state index contributed by atoms with van der Waals surface area (Å²) in [5.41, 5.74) is 0. The van der Waals surface area contributed by atoms with Crippen molar-refractivity contribution in [3.05, 3.63) is 48.6 Å². The molecule has 0 aliphatic carbocycles. The van der Waals surface area contributed by atoms with Gasteiger partial charge in [-0.05, 0) is 70.6 Å². The molecule has 1 amide bonds. The second-order valence-electron chi connectivity index (χ2n) is 27.1. The molecule has 0 saturated carbocycles. The van der Waals surface area contributed by atoms with Crippen molar-refractivity contribution in [3.8, 4) is 0 Å². The molecule has 0 radical (unpaired) electrons. The number of unbranched alkanes of at least 4 members (excludes halogenated alkanes) is 45. The summed E-state index contributed by atoms with van der Waals surface area (Å²) in [4.78, 5) is 13.4. The number of ether oxygens (including phenoxy) is 4. The minimum Gasteiger partial charge on any atom is -0.394 e. The van der Waals surface area contributed by atoms with E-state index in [4.69, 9.17) is 18.9 Å². The molecule has 9 N–H and O–H groups in total. The molecule has 0 spiro atoms. The number of amides is 1. The van der Waals surface area contributed by atoms with Gasteiger partial charge in [0.1, 0.15) is 48.8 Å². The van der Waals surface area contributed by atoms with Crippen LogP contribution in [-0.2, 0) is 23.7 Å². The first-order valence-corrected chi connectivity index (χ1v) is 38.4. The van der Waals surface area contributed by atoms with Crippen LogP contribution >= 0.6 is 0 Å². The summed E-state index contributed by atoms with van der Waals surface area (Å²) in [5, 5.41) is 87.5. The lowest BCUT2D eigenvalue weighted by Gasteiger charge is -2.46. The largest absolute Gasteiger partial charge is 0.394 e. The Morgan fingerprint density at radius 1 is 0.385 bits per heavy atom. The number of aliphatic hydroxyl groups excluding tert-OH is 8. The molecular weight excluding hydrogens is 1150 g/mol. The van der Waals surface area contributed by atoms with E-state index in [0.29, 0.717) is 12.8 Å². The number of allylic oxidation sites excluding steroid dienone is 7. The monoisotopic (exact) mass is 1290 g/mol. The summed E-state index contributed by atoms with van der Waals surface area (Å²) in [6.07, 6.45) is 64.7. The van der Waals surface area contributed by atoms with E-state index < -0.39 is 86.8 Å². The molecule has 12 atom stereocenters. The van der Waals surface area contributed by atoms with Gasteiger partial charge in [-0.1, -0.05) is 313 Å². The van der Waals surface area contributed by atoms with E-state index in [2.05, 4.69) is 55.6 Å². The SMILES string of the molecule is CCCCCCCCCC/C=C\CCCCCCCCCCCCCCCCCCCC(=O)NC(COC1OC(CO)C(OC2OC(CO)C(O)C(O)C2O)C(O)C1O)C(O)/C=C/CC/C=C/CC/C=C/CCCCCCCCCCCCCCCCCCCC. The van der Waals surface area contributed by atoms with Gasteiger partial charge in [-0.15, -0.1) is 0 Å². The van der Waals surface area contributed by atoms with E-state index in [1.165, 1.54) is 263 Å². The molecule has 0 aromatic heterocycles. The zero-order valence-electron chi connectivity index (χ0n) is 58.3. The van der Waals surface area contributed by atoms with Crippen molar-refractivity contribution in [2.45, 2.75) is 415 Å². The molecule has 2 aliphatic rings. The van der Waals surface area contributed by atoms with Crippen LogP contribution in [0.4, 0.5) is 0 Å². The molecule has 534 valence electrons. The zero-order valence-corrected chi connectivity index (χ0v) is 58.3. The summed E-state index contributed by atoms with van der Waals surface area (Å²) in [6.45, 7) is 2.83. The van der Waals surface area contributed by atoms with E-state index in [-0.39, 0.29) is 18.9 Å². The van der Waals surface area contributed by atoms with Crippen LogP contribution < -0.4 is 5.32 Å². The smallest absolute Gasteiger partial charge is 0.220 e. The third-order valence-electron chi connectivity index (χ3n) is 18.7. The molecule has 2 heterocycles. The lowest BCUT2D eigenvalue weighted by Crippen LogP contribution is -2.65. The van der Waals surface area contributed by atoms with E-state index in [0.717, 1.165) is 44.9 Å². The number of nitrogens with one attached hydrogen (secondary N) is 1. The Labute approximate surface area is 556 Å². The highest BCUT2D eigenvalue weighted by atomic mass is 16.7. The molecule has 2 rings (SSSR count). The minimum atomic E-state index is -1.79. The summed E-state index contributed by atoms with van der Waals surface area (Å²) in [6, 6.07) is -0.940. The molecule has 14 nitrogen and oxygen atoms in total. The predicted octanol–water partition coefficient (Wildman–Crippen LogP) is 16.6. The number of rotatable bonds is 64. The van der Waals surface area contributed by atoms with Gasteiger partial charge in [0, 0.05) is 6.42 Å². The number of carbonyl (C=O) groups is 1. The Morgan fingerprint density at radius 2 is 0.703 bits per heavy atom. The van der Waals surface area contributed by atoms with Gasteiger partial charge in [-0.2, -0.15) is 0 Å². The van der Waals surface area contributed by atoms with Crippen molar-refractivity contribution in [2.24, 2.45) is 0 Å². The minimum absolute atomic E-state index is 0.248. The fraction of sp³-hybridized carbons (Fsp3) is 0.883. The summed E-state index contributed by atoms with van der Waals surface area (Å²) in [7, 11) is 0. The van der Waals surface area contributed by atoms with E-state index in [1.807, 2.05) is 6.08 Å². The first-order valence-electron chi connectivity index (χ1n) is 38.4. The van der Waals surface area contributed by atoms with Crippen LogP contribution in [0.3, 0.4) is 0 Å². The second-order valence-corrected chi connectivity index (χ2v) is 27.1. The van der Waals surface area contributed by atoms with Crippen LogP contribution in [0.15, 0.2) is 48.6 Å². The van der Waals surface area contributed by atoms with Gasteiger partial charge in [0.15, 0.2) is 12.6 Å². The maximum Gasteiger partial charge on any atom is 0.220 e. The fourth-order valence-electron chi connectivity index (χ4n) is 12.6. The van der Waals surface area contributed by atoms with Crippen molar-refractivity contribution in [1.29, 1.82) is 0 Å². The lowest BCUT2D eigenvalue weighted by molar-refractivity contribution is -0.359. The third-order valence-corrected chi connectivity index (χ3v) is 18.7. The average molecular weight is 1290 g/mol. The highest BCUT2D eigenvalue weighted by Crippen LogP contribution is 2.30. The van der Waals surface area contributed by atoms with Crippen LogP contribution in [0.2, 0.25) is 0 Å². The van der Waals surface area contributed by atoms with Crippen molar-refractivity contribution in [1.82, 2.24) is 5.32 Å². The Bertz CT molecular complexity index is 1710. The molecule has 2 saturated heterocycles. The number of hydrogen-bond donors (Lipinski definition) is 9. The Hall–Kier alpha value is -2.05. The van der Waals surface area contributed by atoms with Gasteiger partial charge in [-0.3, -0.25) is 4.79 Å². The molecule has 2 aliphatic heterocycles. The van der Waals surface area contributed by atoms with Crippen LogP contribution in [0.25, 0.3) is 0 Å². The maximum atomic E-state index is 13.4. The normalized spacial score (nSPS) is 23.0. The van der Waals surface area contributed by atoms with E-state index >= 15 is 0 Å². The van der Waals surface area contributed by atoms with Gasteiger partial charge >= 0.3 is 0 Å². The Morgan fingerprint density at radius 3 is 1.08 bits per heavy atom. The predicted molar refractivity (Wildman–Crippen MR) is 374 cm³/mol. The molecule has 0 bridgehead atoms. The van der Waals surface area contributed by atoms with Gasteiger partial charge in [0.25, 0.3) is 0 Å². The molecular formula is C77H143NO13. The highest BCUT2D eigenvalue weighted by molar-refractivity contribution is 5.76. The first-order chi connectivity index (χ1) is 44.6. The van der Waals surface area contributed by atoms with Gasteiger partial charge < -0.3 is 65.1 Å². The number of hydrogen-bond acceptors (Lipinski definition) is 13. The van der Waals surface area contributed by atoms with Crippen LogP contribution in [-0.4, -0.2) is 140 Å². The van der Waals surface area contributed by atoms with Gasteiger partial charge in [-0.25, -0.2) is 0 Å². The average Bonchev–Trinajstić information content (AvgIpc) is 1.06. The van der Waals surface area contributed by atoms with E-state index in [9.17, 15) is 45.6 Å². The first kappa shape index (κ1) is 85.0. The van der Waals surface area contributed by atoms with Gasteiger partial charge in [0.05, 0.1) is 32.0 Å². The summed E-state index contributed by atoms with van der Waals surface area (Å²) < 4.78 is 22.9. The lowest BCUT2D eigenvalue weighted by atomic mass is 9.97. The highest BCUT2D eigenvalue weighted by Gasteiger charge is 2.51. The van der Waals surface area contributed by atoms with Crippen LogP contribution in [0.1, 0.15) is 341 Å². The Balaban J connectivity index is 1.66. The van der Waals surface area contributed by atoms with Crippen molar-refractivity contribution < 1.29 is 64.6 Å². The second kappa shape index (κ2) is 61.5. The number of aliphatic hydroxyl groups is 8. The molecule has 14 heteroatoms.